The van der Waals surface area contributed by atoms with Gasteiger partial charge in [0.1, 0.15) is 32.7 Å². The first-order valence-electron chi connectivity index (χ1n) is 9.51. The fourth-order valence-corrected chi connectivity index (χ4v) is 4.18. The van der Waals surface area contributed by atoms with Crippen molar-refractivity contribution >= 4 is 28.8 Å². The van der Waals surface area contributed by atoms with E-state index in [2.05, 4.69) is 28.1 Å². The van der Waals surface area contributed by atoms with E-state index in [9.17, 15) is 9.59 Å². The van der Waals surface area contributed by atoms with Gasteiger partial charge in [0.2, 0.25) is 0 Å². The highest BCUT2D eigenvalue weighted by atomic mass is 32.1. The lowest BCUT2D eigenvalue weighted by molar-refractivity contribution is -1.01. The molecule has 6 nitrogen and oxygen atoms in total. The van der Waals surface area contributed by atoms with E-state index in [-0.39, 0.29) is 11.8 Å². The molecule has 144 valence electrons. The first kappa shape index (κ1) is 19.5. The average molecular weight is 389 g/mol. The minimum atomic E-state index is -0.121. The van der Waals surface area contributed by atoms with Crippen LogP contribution in [0.25, 0.3) is 0 Å². The second-order valence-electron chi connectivity index (χ2n) is 6.92. The number of carbonyl (C=O) groups is 2. The van der Waals surface area contributed by atoms with Gasteiger partial charge in [0.15, 0.2) is 6.54 Å². The maximum Gasteiger partial charge on any atom is 0.279 e. The molecule has 1 aliphatic heterocycles. The minimum absolute atomic E-state index is 0.000225. The molecule has 0 unspecified atom stereocenters. The Morgan fingerprint density at radius 1 is 1.07 bits per heavy atom. The van der Waals surface area contributed by atoms with Crippen LogP contribution in [-0.2, 0) is 11.3 Å². The first-order valence-corrected chi connectivity index (χ1v) is 10.4. The molecular formula is C20H28N4O2S+2. The number of rotatable bonds is 7. The van der Waals surface area contributed by atoms with Gasteiger partial charge >= 0.3 is 0 Å². The SMILES string of the molecule is CCNC(=O)c1cccc(NC(=O)C[NH+]2CC[NH+](Cc3cccs3)CC2)c1. The molecule has 2 aromatic rings. The predicted molar refractivity (Wildman–Crippen MR) is 107 cm³/mol. The third-order valence-corrected chi connectivity index (χ3v) is 5.70. The normalized spacial score (nSPS) is 19.4. The van der Waals surface area contributed by atoms with E-state index in [1.54, 1.807) is 23.1 Å². The van der Waals surface area contributed by atoms with Gasteiger partial charge < -0.3 is 20.4 Å². The van der Waals surface area contributed by atoms with Gasteiger partial charge in [-0.2, -0.15) is 0 Å². The van der Waals surface area contributed by atoms with Gasteiger partial charge in [-0.05, 0) is 36.6 Å². The van der Waals surface area contributed by atoms with Crippen molar-refractivity contribution in [3.8, 4) is 0 Å². The highest BCUT2D eigenvalue weighted by molar-refractivity contribution is 7.09. The quantitative estimate of drug-likeness (QED) is 0.513. The summed E-state index contributed by atoms with van der Waals surface area (Å²) in [4.78, 5) is 28.6. The Morgan fingerprint density at radius 2 is 1.85 bits per heavy atom. The number of nitrogens with one attached hydrogen (secondary N) is 4. The van der Waals surface area contributed by atoms with Gasteiger partial charge in [-0.25, -0.2) is 0 Å². The van der Waals surface area contributed by atoms with Gasteiger partial charge in [0.05, 0.1) is 4.88 Å². The lowest BCUT2D eigenvalue weighted by atomic mass is 10.2. The third kappa shape index (κ3) is 5.89. The van der Waals surface area contributed by atoms with Crippen LogP contribution < -0.4 is 20.4 Å². The number of hydrogen-bond acceptors (Lipinski definition) is 3. The number of piperazine rings is 1. The van der Waals surface area contributed by atoms with E-state index < -0.39 is 0 Å². The van der Waals surface area contributed by atoms with Crippen molar-refractivity contribution in [2.75, 3.05) is 44.6 Å². The summed E-state index contributed by atoms with van der Waals surface area (Å²) in [5, 5.41) is 7.83. The summed E-state index contributed by atoms with van der Waals surface area (Å²) in [7, 11) is 0. The first-order chi connectivity index (χ1) is 13.1. The van der Waals surface area contributed by atoms with Crippen LogP contribution in [0.5, 0.6) is 0 Å². The van der Waals surface area contributed by atoms with Crippen LogP contribution in [0.3, 0.4) is 0 Å². The van der Waals surface area contributed by atoms with Gasteiger partial charge in [0, 0.05) is 17.8 Å². The largest absolute Gasteiger partial charge is 0.352 e. The third-order valence-electron chi connectivity index (χ3n) is 4.82. The lowest BCUT2D eigenvalue weighted by Crippen LogP contribution is -3.28. The summed E-state index contributed by atoms with van der Waals surface area (Å²) in [6, 6.07) is 11.4. The summed E-state index contributed by atoms with van der Waals surface area (Å²) in [6.45, 7) is 8.22. The molecule has 1 aromatic carbocycles. The molecule has 1 aromatic heterocycles. The molecule has 4 N–H and O–H groups in total. The average Bonchev–Trinajstić information content (AvgIpc) is 3.17. The Labute approximate surface area is 164 Å². The zero-order valence-electron chi connectivity index (χ0n) is 15.7. The molecule has 0 spiro atoms. The van der Waals surface area contributed by atoms with Crippen molar-refractivity contribution in [3.63, 3.8) is 0 Å². The number of anilines is 1. The van der Waals surface area contributed by atoms with Crippen molar-refractivity contribution in [2.24, 2.45) is 0 Å². The van der Waals surface area contributed by atoms with Crippen LogP contribution in [0.1, 0.15) is 22.2 Å². The molecule has 0 aliphatic carbocycles. The molecule has 0 saturated carbocycles. The molecule has 1 aliphatic rings. The zero-order chi connectivity index (χ0) is 19.1. The predicted octanol–water partition coefficient (Wildman–Crippen LogP) is -0.580. The number of carbonyl (C=O) groups excluding carboxylic acids is 2. The zero-order valence-corrected chi connectivity index (χ0v) is 16.5. The van der Waals surface area contributed by atoms with Gasteiger partial charge in [0.25, 0.3) is 11.8 Å². The lowest BCUT2D eigenvalue weighted by Gasteiger charge is -2.29. The molecule has 1 fully saturated rings. The van der Waals surface area contributed by atoms with E-state index in [0.29, 0.717) is 24.3 Å². The topological polar surface area (TPSA) is 67.1 Å². The molecule has 0 atom stereocenters. The highest BCUT2D eigenvalue weighted by Crippen LogP contribution is 2.10. The van der Waals surface area contributed by atoms with E-state index >= 15 is 0 Å². The standard InChI is InChI=1S/C20H26N4O2S/c1-2-21-20(26)16-5-3-6-17(13-16)22-19(25)15-24-10-8-23(9-11-24)14-18-7-4-12-27-18/h3-7,12-13H,2,8-11,14-15H2,1H3,(H,21,26)(H,22,25)/p+2. The van der Waals surface area contributed by atoms with Gasteiger partial charge in [-0.15, -0.1) is 11.3 Å². The van der Waals surface area contributed by atoms with Crippen LogP contribution in [0.15, 0.2) is 41.8 Å². The highest BCUT2D eigenvalue weighted by Gasteiger charge is 2.25. The van der Waals surface area contributed by atoms with Gasteiger partial charge in [-0.3, -0.25) is 9.59 Å². The summed E-state index contributed by atoms with van der Waals surface area (Å²) < 4.78 is 0. The maximum atomic E-state index is 12.4. The number of benzene rings is 1. The van der Waals surface area contributed by atoms with E-state index in [4.69, 9.17) is 0 Å². The fraction of sp³-hybridized carbons (Fsp3) is 0.400. The Bertz CT molecular complexity index is 755. The molecule has 2 heterocycles. The molecule has 27 heavy (non-hydrogen) atoms. The van der Waals surface area contributed by atoms with Crippen LogP contribution in [0.4, 0.5) is 5.69 Å². The van der Waals surface area contributed by atoms with Crippen LogP contribution in [-0.4, -0.2) is 51.1 Å². The summed E-state index contributed by atoms with van der Waals surface area (Å²) in [5.41, 5.74) is 1.23. The number of quaternary nitrogens is 2. The van der Waals surface area contributed by atoms with E-state index in [1.807, 2.05) is 24.3 Å². The summed E-state index contributed by atoms with van der Waals surface area (Å²) in [5.74, 6) is -0.121. The molecule has 1 saturated heterocycles. The van der Waals surface area contributed by atoms with Crippen LogP contribution in [0, 0.1) is 0 Å². The van der Waals surface area contributed by atoms with Crippen molar-refractivity contribution in [3.05, 3.63) is 52.2 Å². The van der Waals surface area contributed by atoms with Crippen molar-refractivity contribution in [1.29, 1.82) is 0 Å². The molecule has 2 amide bonds. The Balaban J connectivity index is 1.45. The molecule has 0 bridgehead atoms. The number of amides is 2. The number of hydrogen-bond donors (Lipinski definition) is 4. The fourth-order valence-electron chi connectivity index (χ4n) is 3.40. The van der Waals surface area contributed by atoms with Crippen molar-refractivity contribution < 1.29 is 19.4 Å². The van der Waals surface area contributed by atoms with E-state index in [0.717, 1.165) is 32.7 Å². The van der Waals surface area contributed by atoms with Crippen LogP contribution >= 0.6 is 11.3 Å². The van der Waals surface area contributed by atoms with Crippen molar-refractivity contribution in [1.82, 2.24) is 5.32 Å². The molecular weight excluding hydrogens is 360 g/mol. The van der Waals surface area contributed by atoms with Crippen molar-refractivity contribution in [2.45, 2.75) is 13.5 Å². The monoisotopic (exact) mass is 388 g/mol. The second-order valence-corrected chi connectivity index (χ2v) is 7.95. The van der Waals surface area contributed by atoms with Gasteiger partial charge in [-0.1, -0.05) is 12.1 Å². The Morgan fingerprint density at radius 3 is 2.56 bits per heavy atom. The summed E-state index contributed by atoms with van der Waals surface area (Å²) in [6.07, 6.45) is 0. The molecule has 7 heteroatoms. The Hall–Kier alpha value is -2.22. The summed E-state index contributed by atoms with van der Waals surface area (Å²) >= 11 is 1.82. The molecule has 0 radical (unpaired) electrons. The smallest absolute Gasteiger partial charge is 0.279 e. The number of thiophene rings is 1. The maximum absolute atomic E-state index is 12.4. The van der Waals surface area contributed by atoms with Crippen LogP contribution in [0.2, 0.25) is 0 Å². The second kappa shape index (κ2) is 9.64. The minimum Gasteiger partial charge on any atom is -0.352 e. The van der Waals surface area contributed by atoms with E-state index in [1.165, 1.54) is 9.78 Å². The Kier molecular flexibility index (Phi) is 6.98. The molecule has 3 rings (SSSR count).